The summed E-state index contributed by atoms with van der Waals surface area (Å²) >= 11 is 0. The van der Waals surface area contributed by atoms with Crippen molar-refractivity contribution in [2.75, 3.05) is 33.7 Å². The summed E-state index contributed by atoms with van der Waals surface area (Å²) in [6.07, 6.45) is 0.405. The molecule has 2 aliphatic rings. The fraction of sp³-hybridized carbons (Fsp3) is 0.500. The Kier molecular flexibility index (Phi) is 13.1. The van der Waals surface area contributed by atoms with Crippen LogP contribution in [0.2, 0.25) is 0 Å². The van der Waals surface area contributed by atoms with Gasteiger partial charge in [0, 0.05) is 57.2 Å². The number of urea groups is 1. The Morgan fingerprint density at radius 1 is 1.05 bits per heavy atom. The van der Waals surface area contributed by atoms with Crippen LogP contribution in [0.15, 0.2) is 29.1 Å². The quantitative estimate of drug-likeness (QED) is 0.0854. The normalized spacial score (nSPS) is 16.3. The number of benzene rings is 1. The molecule has 2 aliphatic heterocycles. The molecule has 0 radical (unpaired) electrons. The molecule has 6 N–H and O–H groups in total. The number of pyridine rings is 2. The molecule has 4 heterocycles. The zero-order chi connectivity index (χ0) is 42.6. The predicted molar refractivity (Wildman–Crippen MR) is 211 cm³/mol. The number of nitrogens with two attached hydrogens (primary N) is 1. The number of amides is 6. The van der Waals surface area contributed by atoms with Crippen LogP contribution in [0, 0.1) is 5.92 Å². The van der Waals surface area contributed by atoms with Gasteiger partial charge in [0.2, 0.25) is 17.7 Å². The van der Waals surface area contributed by atoms with Crippen LogP contribution in [0.4, 0.5) is 9.59 Å². The van der Waals surface area contributed by atoms with E-state index in [4.69, 9.17) is 20.2 Å². The van der Waals surface area contributed by atoms with E-state index in [1.165, 1.54) is 30.8 Å². The van der Waals surface area contributed by atoms with Gasteiger partial charge in [0.05, 0.1) is 29.0 Å². The van der Waals surface area contributed by atoms with Gasteiger partial charge >= 0.3 is 18.1 Å². The zero-order valence-corrected chi connectivity index (χ0v) is 33.9. The summed E-state index contributed by atoms with van der Waals surface area (Å²) in [5, 5.41) is 19.8. The molecule has 1 aromatic carbocycles. The van der Waals surface area contributed by atoms with E-state index in [0.717, 1.165) is 16.5 Å². The third-order valence-electron chi connectivity index (χ3n) is 10.7. The average Bonchev–Trinajstić information content (AvgIpc) is 3.55. The van der Waals surface area contributed by atoms with Crippen LogP contribution < -0.4 is 32.0 Å². The number of hydrogen-bond acceptors (Lipinski definition) is 11. The number of primary amides is 1. The Bertz CT molecular complexity index is 2200. The number of aromatic nitrogens is 2. The summed E-state index contributed by atoms with van der Waals surface area (Å²) in [7, 11) is 3.06. The number of rotatable bonds is 15. The first-order valence-corrected chi connectivity index (χ1v) is 19.3. The highest BCUT2D eigenvalue weighted by atomic mass is 16.6. The molecule has 2 aromatic heterocycles. The van der Waals surface area contributed by atoms with E-state index in [-0.39, 0.29) is 74.0 Å². The van der Waals surface area contributed by atoms with Gasteiger partial charge in [-0.3, -0.25) is 19.2 Å². The maximum atomic E-state index is 13.7. The number of nitrogens with zero attached hydrogens (tertiary/aromatic N) is 4. The van der Waals surface area contributed by atoms with Gasteiger partial charge in [0.15, 0.2) is 5.60 Å². The van der Waals surface area contributed by atoms with E-state index < -0.39 is 53.5 Å². The van der Waals surface area contributed by atoms with E-state index in [0.29, 0.717) is 29.7 Å². The molecule has 0 aliphatic carbocycles. The van der Waals surface area contributed by atoms with Crippen molar-refractivity contribution < 1.29 is 43.3 Å². The molecule has 0 spiro atoms. The number of aryl methyl sites for hydroxylation is 1. The minimum atomic E-state index is -1.94. The lowest BCUT2D eigenvalue weighted by atomic mass is 9.86. The summed E-state index contributed by atoms with van der Waals surface area (Å²) in [6.45, 7) is 8.79. The number of cyclic esters (lactones) is 1. The number of carbonyl (C=O) groups excluding carboxylic acids is 6. The fourth-order valence-corrected chi connectivity index (χ4v) is 7.35. The van der Waals surface area contributed by atoms with Crippen LogP contribution in [0.1, 0.15) is 76.1 Å². The summed E-state index contributed by atoms with van der Waals surface area (Å²) in [4.78, 5) is 96.8. The molecule has 1 unspecified atom stereocenters. The smallest absolute Gasteiger partial charge is 0.415 e. The monoisotopic (exact) mass is 804 g/mol. The highest BCUT2D eigenvalue weighted by molar-refractivity contribution is 5.92. The van der Waals surface area contributed by atoms with Crippen LogP contribution in [-0.4, -0.2) is 106 Å². The first kappa shape index (κ1) is 43.1. The first-order valence-electron chi connectivity index (χ1n) is 19.3. The second kappa shape index (κ2) is 17.6. The Morgan fingerprint density at radius 3 is 2.40 bits per heavy atom. The van der Waals surface area contributed by atoms with E-state index >= 15 is 0 Å². The third kappa shape index (κ3) is 8.75. The van der Waals surface area contributed by atoms with Crippen molar-refractivity contribution in [1.29, 1.82) is 0 Å². The minimum Gasteiger partial charge on any atom is -0.458 e. The third-order valence-corrected chi connectivity index (χ3v) is 10.7. The SMILES string of the molecule is CCc1c2c(nc3ccc(OC(=O)N(C)CCN(C)C(=O)[C@H](CCCNC(N)=O)NC(=O)[C@@H](NC(C)=O)C(C)C)cc13)-c1cc3c(c(=O)n1C2)COC(=O)C3(O)CC. The Hall–Kier alpha value is -6.04. The molecular formula is C40H52N8O10. The van der Waals surface area contributed by atoms with Crippen LogP contribution in [0.3, 0.4) is 0 Å². The van der Waals surface area contributed by atoms with Gasteiger partial charge in [0.25, 0.3) is 5.56 Å². The van der Waals surface area contributed by atoms with Crippen molar-refractivity contribution in [3.05, 3.63) is 56.9 Å². The molecule has 5 rings (SSSR count). The maximum absolute atomic E-state index is 13.7. The van der Waals surface area contributed by atoms with Crippen molar-refractivity contribution in [1.82, 2.24) is 35.3 Å². The number of ether oxygens (including phenoxy) is 2. The molecule has 6 amide bonds. The molecular weight excluding hydrogens is 752 g/mol. The van der Waals surface area contributed by atoms with E-state index in [1.807, 2.05) is 6.92 Å². The Balaban J connectivity index is 1.29. The number of hydrogen-bond donors (Lipinski definition) is 5. The highest BCUT2D eigenvalue weighted by Gasteiger charge is 2.45. The van der Waals surface area contributed by atoms with Gasteiger partial charge in [-0.1, -0.05) is 27.7 Å². The van der Waals surface area contributed by atoms with Crippen LogP contribution in [-0.2, 0) is 49.1 Å². The number of fused-ring (bicyclic) bond motifs is 5. The van der Waals surface area contributed by atoms with Gasteiger partial charge < -0.3 is 50.6 Å². The maximum Gasteiger partial charge on any atom is 0.415 e. The molecule has 0 bridgehead atoms. The van der Waals surface area contributed by atoms with Crippen LogP contribution in [0.25, 0.3) is 22.3 Å². The molecule has 0 saturated heterocycles. The Labute approximate surface area is 335 Å². The highest BCUT2D eigenvalue weighted by Crippen LogP contribution is 2.40. The fourth-order valence-electron chi connectivity index (χ4n) is 7.35. The van der Waals surface area contributed by atoms with Crippen molar-refractivity contribution in [3.8, 4) is 17.1 Å². The van der Waals surface area contributed by atoms with Gasteiger partial charge in [-0.25, -0.2) is 19.4 Å². The number of esters is 1. The Morgan fingerprint density at radius 2 is 1.76 bits per heavy atom. The number of nitrogens with one attached hydrogen (secondary N) is 3. The van der Waals surface area contributed by atoms with Crippen molar-refractivity contribution in [3.63, 3.8) is 0 Å². The van der Waals surface area contributed by atoms with Crippen LogP contribution >= 0.6 is 0 Å². The molecule has 3 aromatic rings. The van der Waals surface area contributed by atoms with Crippen molar-refractivity contribution in [2.24, 2.45) is 11.7 Å². The first-order chi connectivity index (χ1) is 27.4. The van der Waals surface area contributed by atoms with E-state index in [9.17, 15) is 38.7 Å². The second-order valence-corrected chi connectivity index (χ2v) is 15.0. The topological polar surface area (TPSA) is 245 Å². The molecule has 312 valence electrons. The lowest BCUT2D eigenvalue weighted by molar-refractivity contribution is -0.172. The molecule has 3 atom stereocenters. The van der Waals surface area contributed by atoms with Gasteiger partial charge in [0.1, 0.15) is 24.4 Å². The van der Waals surface area contributed by atoms with Crippen molar-refractivity contribution in [2.45, 2.75) is 91.1 Å². The lowest BCUT2D eigenvalue weighted by Gasteiger charge is -2.31. The largest absolute Gasteiger partial charge is 0.458 e. The molecule has 58 heavy (non-hydrogen) atoms. The van der Waals surface area contributed by atoms with Crippen molar-refractivity contribution >= 4 is 46.7 Å². The molecule has 0 fully saturated rings. The number of carbonyl (C=O) groups is 6. The number of aliphatic hydroxyl groups is 1. The molecule has 0 saturated carbocycles. The number of likely N-dealkylation sites (N-methyl/N-ethyl adjacent to an activating group) is 2. The average molecular weight is 805 g/mol. The molecule has 18 heteroatoms. The zero-order valence-electron chi connectivity index (χ0n) is 33.9. The minimum absolute atomic E-state index is 0.0332. The predicted octanol–water partition coefficient (Wildman–Crippen LogP) is 1.63. The summed E-state index contributed by atoms with van der Waals surface area (Å²) in [6, 6.07) is 4.12. The second-order valence-electron chi connectivity index (χ2n) is 15.0. The summed E-state index contributed by atoms with van der Waals surface area (Å²) < 4.78 is 12.5. The summed E-state index contributed by atoms with van der Waals surface area (Å²) in [5.41, 5.74) is 6.69. The standard InChI is InChI=1S/C40H52N8O10/c1-8-24-25-17-23(12-13-29(25)44-33-26(24)19-48-31(33)18-28-27(35(48)51)20-57-37(53)40(28,56)9-2)58-39(55)47(7)16-15-46(6)36(52)30(11-10-14-42-38(41)54)45-34(50)32(21(3)4)43-22(5)49/h12-13,17-18,21,30,32,56H,8-11,14-16,19-20H2,1-7H3,(H,43,49)(H,45,50)(H3,41,42,54)/t30-,32-,40?/m0/s1. The van der Waals surface area contributed by atoms with Gasteiger partial charge in [-0.15, -0.1) is 0 Å². The van der Waals surface area contributed by atoms with Gasteiger partial charge in [-0.05, 0) is 61.4 Å². The lowest BCUT2D eigenvalue weighted by Crippen LogP contribution is -2.55. The van der Waals surface area contributed by atoms with Gasteiger partial charge in [-0.2, -0.15) is 0 Å². The van der Waals surface area contributed by atoms with E-state index in [1.54, 1.807) is 49.6 Å². The van der Waals surface area contributed by atoms with E-state index in [2.05, 4.69) is 16.0 Å². The van der Waals surface area contributed by atoms with Crippen LogP contribution in [0.5, 0.6) is 5.75 Å². The molecule has 18 nitrogen and oxygen atoms in total. The summed E-state index contributed by atoms with van der Waals surface area (Å²) in [5.74, 6) is -2.16.